The summed E-state index contributed by atoms with van der Waals surface area (Å²) in [6, 6.07) is 2.25. The number of piperidine rings is 1. The quantitative estimate of drug-likeness (QED) is 0.442. The number of fused-ring (bicyclic) bond motifs is 3. The Hall–Kier alpha value is -1.18. The largest absolute Gasteiger partial charge is 0.493 e. The second-order valence-electron chi connectivity index (χ2n) is 9.40. The molecule has 2 atom stereocenters. The van der Waals surface area contributed by atoms with Gasteiger partial charge in [-0.15, -0.1) is 0 Å². The van der Waals surface area contributed by atoms with Crippen LogP contribution in [0.5, 0.6) is 11.5 Å². The van der Waals surface area contributed by atoms with Crippen LogP contribution in [0.1, 0.15) is 70.0 Å². The first kappa shape index (κ1) is 24.5. The molecule has 2 aliphatic heterocycles. The van der Waals surface area contributed by atoms with Crippen molar-refractivity contribution in [1.82, 2.24) is 4.90 Å². The van der Waals surface area contributed by atoms with Crippen LogP contribution in [0, 0.1) is 0 Å². The maximum atomic E-state index is 12.3. The van der Waals surface area contributed by atoms with E-state index < -0.39 is 12.6 Å². The topological polar surface area (TPSA) is 30.9 Å². The molecule has 2 heterocycles. The third-order valence-electron chi connectivity index (χ3n) is 5.81. The van der Waals surface area contributed by atoms with Crippen molar-refractivity contribution in [3.8, 4) is 11.5 Å². The predicted molar refractivity (Wildman–Crippen MR) is 115 cm³/mol. The summed E-state index contributed by atoms with van der Waals surface area (Å²) in [6.07, 6.45) is -1.63. The molecule has 1 aromatic rings. The molecule has 2 aliphatic rings. The van der Waals surface area contributed by atoms with E-state index in [1.165, 1.54) is 0 Å². The minimum atomic E-state index is -4.13. The Morgan fingerprint density at radius 3 is 2.55 bits per heavy atom. The van der Waals surface area contributed by atoms with E-state index in [2.05, 4.69) is 25.7 Å². The zero-order chi connectivity index (χ0) is 22.8. The summed E-state index contributed by atoms with van der Waals surface area (Å²) in [4.78, 5) is 2.45. The average molecular weight is 464 g/mol. The highest BCUT2D eigenvalue weighted by atomic mass is 35.5. The van der Waals surface area contributed by atoms with E-state index in [-0.39, 0.29) is 30.8 Å². The third kappa shape index (κ3) is 6.42. The smallest absolute Gasteiger partial charge is 0.389 e. The first-order chi connectivity index (χ1) is 14.5. The normalized spacial score (nSPS) is 22.1. The van der Waals surface area contributed by atoms with E-state index in [4.69, 9.17) is 25.8 Å². The molecular formula is C23H33ClF3NO3. The molecule has 8 heteroatoms. The number of benzene rings is 1. The molecule has 31 heavy (non-hydrogen) atoms. The van der Waals surface area contributed by atoms with Crippen molar-refractivity contribution in [1.29, 1.82) is 0 Å². The van der Waals surface area contributed by atoms with Gasteiger partial charge in [0.05, 0.1) is 30.4 Å². The Kier molecular flexibility index (Phi) is 7.70. The minimum absolute atomic E-state index is 0.0310. The van der Waals surface area contributed by atoms with Crippen molar-refractivity contribution >= 4 is 11.6 Å². The monoisotopic (exact) mass is 463 g/mol. The molecule has 0 saturated carbocycles. The molecule has 0 aromatic heterocycles. The minimum Gasteiger partial charge on any atom is -0.493 e. The van der Waals surface area contributed by atoms with Gasteiger partial charge in [-0.2, -0.15) is 13.2 Å². The van der Waals surface area contributed by atoms with Crippen molar-refractivity contribution < 1.29 is 27.4 Å². The Bertz CT molecular complexity index is 764. The molecule has 1 saturated heterocycles. The van der Waals surface area contributed by atoms with Gasteiger partial charge in [0.2, 0.25) is 0 Å². The molecule has 0 aliphatic carbocycles. The summed E-state index contributed by atoms with van der Waals surface area (Å²) in [6.45, 7) is 8.20. The molecule has 1 aromatic carbocycles. The first-order valence-electron chi connectivity index (χ1n) is 11.0. The summed E-state index contributed by atoms with van der Waals surface area (Å²) < 4.78 is 54.5. The van der Waals surface area contributed by atoms with Gasteiger partial charge in [0, 0.05) is 25.6 Å². The van der Waals surface area contributed by atoms with Crippen LogP contribution in [0.2, 0.25) is 5.02 Å². The van der Waals surface area contributed by atoms with Gasteiger partial charge < -0.3 is 14.2 Å². The predicted octanol–water partition coefficient (Wildman–Crippen LogP) is 6.34. The molecule has 0 radical (unpaired) electrons. The highest BCUT2D eigenvalue weighted by molar-refractivity contribution is 6.33. The van der Waals surface area contributed by atoms with Gasteiger partial charge in [-0.25, -0.2) is 0 Å². The average Bonchev–Trinajstić information content (AvgIpc) is 2.66. The molecular weight excluding hydrogens is 431 g/mol. The van der Waals surface area contributed by atoms with E-state index in [0.29, 0.717) is 22.9 Å². The molecule has 0 bridgehead atoms. The zero-order valence-corrected chi connectivity index (χ0v) is 19.5. The molecule has 2 unspecified atom stereocenters. The number of rotatable bonds is 7. The van der Waals surface area contributed by atoms with Gasteiger partial charge in [-0.1, -0.05) is 11.6 Å². The summed E-state index contributed by atoms with van der Waals surface area (Å²) in [5.41, 5.74) is 2.06. The fourth-order valence-electron chi connectivity index (χ4n) is 4.56. The van der Waals surface area contributed by atoms with Crippen LogP contribution in [0.3, 0.4) is 0 Å². The summed E-state index contributed by atoms with van der Waals surface area (Å²) in [7, 11) is 1.56. The first-order valence-corrected chi connectivity index (χ1v) is 11.4. The van der Waals surface area contributed by atoms with Crippen LogP contribution in [-0.4, -0.2) is 49.6 Å². The van der Waals surface area contributed by atoms with Crippen molar-refractivity contribution in [2.24, 2.45) is 0 Å². The summed E-state index contributed by atoms with van der Waals surface area (Å²) in [5, 5.41) is 0.526. The second kappa shape index (κ2) is 9.75. The van der Waals surface area contributed by atoms with Gasteiger partial charge in [0.15, 0.2) is 11.5 Å². The van der Waals surface area contributed by atoms with E-state index in [1.807, 2.05) is 6.07 Å². The Morgan fingerprint density at radius 2 is 1.90 bits per heavy atom. The van der Waals surface area contributed by atoms with Gasteiger partial charge in [0.25, 0.3) is 0 Å². The standard InChI is InChI=1S/C23H33ClF3NO3/c1-22(2,3)31-15-7-8-18-17-13-19(29-4)21(30-12-6-5-10-23(25,26)27)20(24)16(17)9-11-28(18)14-15/h13,15,18H,5-12,14H2,1-4H3. The maximum Gasteiger partial charge on any atom is 0.389 e. The summed E-state index contributed by atoms with van der Waals surface area (Å²) >= 11 is 6.71. The molecule has 4 nitrogen and oxygen atoms in total. The van der Waals surface area contributed by atoms with Crippen LogP contribution in [0.15, 0.2) is 6.07 Å². The Labute approximate surface area is 188 Å². The number of ether oxygens (including phenoxy) is 3. The van der Waals surface area contributed by atoms with Crippen molar-refractivity contribution in [2.45, 2.75) is 83.2 Å². The number of nitrogens with zero attached hydrogens (tertiary/aromatic N) is 1. The third-order valence-corrected chi connectivity index (χ3v) is 6.21. The van der Waals surface area contributed by atoms with E-state index in [9.17, 15) is 13.2 Å². The second-order valence-corrected chi connectivity index (χ2v) is 9.78. The van der Waals surface area contributed by atoms with Crippen LogP contribution in [0.25, 0.3) is 0 Å². The van der Waals surface area contributed by atoms with Crippen molar-refractivity contribution in [3.05, 3.63) is 22.2 Å². The fraction of sp³-hybridized carbons (Fsp3) is 0.739. The Balaban J connectivity index is 1.70. The lowest BCUT2D eigenvalue weighted by molar-refractivity contribution is -0.135. The highest BCUT2D eigenvalue weighted by Crippen LogP contribution is 2.47. The van der Waals surface area contributed by atoms with Gasteiger partial charge in [-0.3, -0.25) is 4.90 Å². The van der Waals surface area contributed by atoms with Crippen LogP contribution in [-0.2, 0) is 11.2 Å². The number of hydrogen-bond acceptors (Lipinski definition) is 4. The molecule has 0 amide bonds. The molecule has 3 rings (SSSR count). The number of methoxy groups -OCH3 is 1. The van der Waals surface area contributed by atoms with Crippen LogP contribution in [0.4, 0.5) is 13.2 Å². The van der Waals surface area contributed by atoms with Gasteiger partial charge >= 0.3 is 6.18 Å². The lowest BCUT2D eigenvalue weighted by atomic mass is 9.85. The maximum absolute atomic E-state index is 12.3. The van der Waals surface area contributed by atoms with Gasteiger partial charge in [0.1, 0.15) is 0 Å². The Morgan fingerprint density at radius 1 is 1.16 bits per heavy atom. The number of hydrogen-bond donors (Lipinski definition) is 0. The SMILES string of the molecule is COc1cc2c(c(Cl)c1OCCCCC(F)(F)F)CCN1CC(OC(C)(C)C)CCC21. The lowest BCUT2D eigenvalue weighted by Gasteiger charge is -2.45. The van der Waals surface area contributed by atoms with E-state index in [1.54, 1.807) is 7.11 Å². The molecule has 1 fully saturated rings. The fourth-order valence-corrected chi connectivity index (χ4v) is 4.91. The highest BCUT2D eigenvalue weighted by Gasteiger charge is 2.37. The van der Waals surface area contributed by atoms with Crippen LogP contribution >= 0.6 is 11.6 Å². The van der Waals surface area contributed by atoms with Crippen molar-refractivity contribution in [2.75, 3.05) is 26.8 Å². The number of halogens is 4. The molecule has 0 spiro atoms. The number of alkyl halides is 3. The van der Waals surface area contributed by atoms with Gasteiger partial charge in [-0.05, 0) is 70.1 Å². The van der Waals surface area contributed by atoms with E-state index >= 15 is 0 Å². The van der Waals surface area contributed by atoms with E-state index in [0.717, 1.165) is 43.5 Å². The van der Waals surface area contributed by atoms with Crippen molar-refractivity contribution in [3.63, 3.8) is 0 Å². The molecule has 176 valence electrons. The lowest BCUT2D eigenvalue weighted by Crippen LogP contribution is -2.47. The van der Waals surface area contributed by atoms with Crippen LogP contribution < -0.4 is 9.47 Å². The number of unbranched alkanes of at least 4 members (excludes halogenated alkanes) is 1. The summed E-state index contributed by atoms with van der Waals surface area (Å²) in [5.74, 6) is 0.975. The zero-order valence-electron chi connectivity index (χ0n) is 18.8. The molecule has 0 N–H and O–H groups in total.